The molecule has 0 amide bonds. The number of aldehydes is 1. The second kappa shape index (κ2) is 3.76. The van der Waals surface area contributed by atoms with E-state index in [1.807, 2.05) is 31.2 Å². The highest BCUT2D eigenvalue weighted by molar-refractivity contribution is 7.14. The number of hydrogen-bond acceptors (Lipinski definition) is 2. The van der Waals surface area contributed by atoms with Crippen molar-refractivity contribution in [3.63, 3.8) is 0 Å². The van der Waals surface area contributed by atoms with Crippen LogP contribution in [0.4, 0.5) is 0 Å². The summed E-state index contributed by atoms with van der Waals surface area (Å²) >= 11 is 1.54. The van der Waals surface area contributed by atoms with Crippen molar-refractivity contribution in [1.29, 1.82) is 0 Å². The van der Waals surface area contributed by atoms with Crippen LogP contribution in [-0.2, 0) is 0 Å². The van der Waals surface area contributed by atoms with Crippen molar-refractivity contribution in [3.8, 4) is 11.1 Å². The molecule has 1 nitrogen and oxygen atoms in total. The van der Waals surface area contributed by atoms with Gasteiger partial charge in [0.1, 0.15) is 0 Å². The number of rotatable bonds is 2. The van der Waals surface area contributed by atoms with Gasteiger partial charge >= 0.3 is 0 Å². The second-order valence-corrected chi connectivity index (χ2v) is 4.39. The maximum atomic E-state index is 10.6. The minimum absolute atomic E-state index is 0.793. The van der Waals surface area contributed by atoms with E-state index in [1.54, 1.807) is 11.3 Å². The largest absolute Gasteiger partial charge is 0.297 e. The third kappa shape index (κ3) is 1.61. The summed E-state index contributed by atoms with van der Waals surface area (Å²) in [5.41, 5.74) is 2.34. The zero-order chi connectivity index (χ0) is 9.97. The molecule has 0 spiro atoms. The molecule has 14 heavy (non-hydrogen) atoms. The van der Waals surface area contributed by atoms with Gasteiger partial charge in [-0.2, -0.15) is 0 Å². The summed E-state index contributed by atoms with van der Waals surface area (Å²) in [6.07, 6.45) is 0.907. The first-order valence-electron chi connectivity index (χ1n) is 4.42. The van der Waals surface area contributed by atoms with Gasteiger partial charge in [0.25, 0.3) is 0 Å². The minimum Gasteiger partial charge on any atom is -0.297 e. The first-order valence-corrected chi connectivity index (χ1v) is 5.24. The topological polar surface area (TPSA) is 17.1 Å². The fraction of sp³-hybridized carbons (Fsp3) is 0.0833. The zero-order valence-electron chi connectivity index (χ0n) is 7.86. The van der Waals surface area contributed by atoms with Crippen LogP contribution in [0.3, 0.4) is 0 Å². The summed E-state index contributed by atoms with van der Waals surface area (Å²) in [6, 6.07) is 12.1. The van der Waals surface area contributed by atoms with Gasteiger partial charge < -0.3 is 0 Å². The highest BCUT2D eigenvalue weighted by atomic mass is 32.1. The Morgan fingerprint density at radius 2 is 1.93 bits per heavy atom. The van der Waals surface area contributed by atoms with Crippen LogP contribution < -0.4 is 0 Å². The molecular formula is C12H10OS. The van der Waals surface area contributed by atoms with E-state index in [0.29, 0.717) is 0 Å². The Labute approximate surface area is 87.0 Å². The SMILES string of the molecule is Cc1sc(C=O)cc1-c1ccccc1. The number of carbonyl (C=O) groups is 1. The molecule has 2 heteroatoms. The third-order valence-electron chi connectivity index (χ3n) is 2.14. The van der Waals surface area contributed by atoms with Crippen LogP contribution in [0.5, 0.6) is 0 Å². The molecule has 2 rings (SSSR count). The van der Waals surface area contributed by atoms with E-state index in [2.05, 4.69) is 12.1 Å². The van der Waals surface area contributed by atoms with Gasteiger partial charge in [-0.15, -0.1) is 11.3 Å². The van der Waals surface area contributed by atoms with Crippen molar-refractivity contribution in [2.24, 2.45) is 0 Å². The summed E-state index contributed by atoms with van der Waals surface area (Å²) in [5, 5.41) is 0. The Bertz CT molecular complexity index is 443. The van der Waals surface area contributed by atoms with Gasteiger partial charge in [-0.3, -0.25) is 4.79 Å². The van der Waals surface area contributed by atoms with E-state index < -0.39 is 0 Å². The lowest BCUT2D eigenvalue weighted by Crippen LogP contribution is -1.74. The van der Waals surface area contributed by atoms with Crippen LogP contribution in [0.25, 0.3) is 11.1 Å². The van der Waals surface area contributed by atoms with E-state index in [1.165, 1.54) is 10.4 Å². The van der Waals surface area contributed by atoms with Crippen molar-refractivity contribution < 1.29 is 4.79 Å². The Morgan fingerprint density at radius 3 is 2.50 bits per heavy atom. The average molecular weight is 202 g/mol. The maximum absolute atomic E-state index is 10.6. The molecule has 0 N–H and O–H groups in total. The van der Waals surface area contributed by atoms with E-state index in [4.69, 9.17) is 0 Å². The fourth-order valence-corrected chi connectivity index (χ4v) is 2.33. The van der Waals surface area contributed by atoms with E-state index in [0.717, 1.165) is 16.7 Å². The lowest BCUT2D eigenvalue weighted by molar-refractivity contribution is 0.112. The molecule has 0 aliphatic heterocycles. The van der Waals surface area contributed by atoms with Gasteiger partial charge in [0.2, 0.25) is 0 Å². The van der Waals surface area contributed by atoms with Crippen LogP contribution in [-0.4, -0.2) is 6.29 Å². The number of thiophene rings is 1. The maximum Gasteiger partial charge on any atom is 0.160 e. The normalized spacial score (nSPS) is 10.1. The smallest absolute Gasteiger partial charge is 0.160 e. The van der Waals surface area contributed by atoms with E-state index in [-0.39, 0.29) is 0 Å². The van der Waals surface area contributed by atoms with Gasteiger partial charge in [0.15, 0.2) is 6.29 Å². The first-order chi connectivity index (χ1) is 6.81. The van der Waals surface area contributed by atoms with Gasteiger partial charge in [-0.25, -0.2) is 0 Å². The Kier molecular flexibility index (Phi) is 2.46. The van der Waals surface area contributed by atoms with Crippen LogP contribution >= 0.6 is 11.3 Å². The number of carbonyl (C=O) groups excluding carboxylic acids is 1. The van der Waals surface area contributed by atoms with Gasteiger partial charge in [0, 0.05) is 4.88 Å². The van der Waals surface area contributed by atoms with Crippen molar-refractivity contribution in [2.45, 2.75) is 6.92 Å². The molecule has 0 saturated carbocycles. The molecule has 70 valence electrons. The number of benzene rings is 1. The molecule has 1 aromatic heterocycles. The van der Waals surface area contributed by atoms with Crippen LogP contribution in [0.2, 0.25) is 0 Å². The highest BCUT2D eigenvalue weighted by Gasteiger charge is 2.05. The molecule has 1 aromatic carbocycles. The lowest BCUT2D eigenvalue weighted by Gasteiger charge is -1.97. The van der Waals surface area contributed by atoms with Crippen LogP contribution in [0, 0.1) is 6.92 Å². The quantitative estimate of drug-likeness (QED) is 0.681. The van der Waals surface area contributed by atoms with Crippen LogP contribution in [0.15, 0.2) is 36.4 Å². The van der Waals surface area contributed by atoms with Gasteiger partial charge in [-0.05, 0) is 24.1 Å². The van der Waals surface area contributed by atoms with Crippen LogP contribution in [0.1, 0.15) is 14.5 Å². The van der Waals surface area contributed by atoms with Crippen molar-refractivity contribution in [1.82, 2.24) is 0 Å². The minimum atomic E-state index is 0.793. The fourth-order valence-electron chi connectivity index (χ4n) is 1.47. The predicted octanol–water partition coefficient (Wildman–Crippen LogP) is 3.54. The molecule has 0 aliphatic rings. The second-order valence-electron chi connectivity index (χ2n) is 3.10. The Morgan fingerprint density at radius 1 is 1.21 bits per heavy atom. The lowest BCUT2D eigenvalue weighted by atomic mass is 10.1. The van der Waals surface area contributed by atoms with Gasteiger partial charge in [0.05, 0.1) is 4.88 Å². The Hall–Kier alpha value is -1.41. The molecule has 0 fully saturated rings. The number of aryl methyl sites for hydroxylation is 1. The summed E-state index contributed by atoms with van der Waals surface area (Å²) in [6.45, 7) is 2.04. The molecule has 0 saturated heterocycles. The predicted molar refractivity (Wildman–Crippen MR) is 59.9 cm³/mol. The number of hydrogen-bond donors (Lipinski definition) is 0. The zero-order valence-corrected chi connectivity index (χ0v) is 8.67. The molecule has 0 atom stereocenters. The third-order valence-corrected chi connectivity index (χ3v) is 3.11. The highest BCUT2D eigenvalue weighted by Crippen LogP contribution is 2.29. The average Bonchev–Trinajstić information content (AvgIpc) is 2.61. The van der Waals surface area contributed by atoms with Gasteiger partial charge in [-0.1, -0.05) is 30.3 Å². The molecule has 0 unspecified atom stereocenters. The standard InChI is InChI=1S/C12H10OS/c1-9-12(7-11(8-13)14-9)10-5-3-2-4-6-10/h2-8H,1H3. The molecular weight excluding hydrogens is 192 g/mol. The summed E-state index contributed by atoms with van der Waals surface area (Å²) in [7, 11) is 0. The monoisotopic (exact) mass is 202 g/mol. The van der Waals surface area contributed by atoms with Crippen molar-refractivity contribution in [2.75, 3.05) is 0 Å². The molecule has 1 heterocycles. The molecule has 0 radical (unpaired) electrons. The molecule has 0 bridgehead atoms. The Balaban J connectivity index is 2.51. The molecule has 2 aromatic rings. The summed E-state index contributed by atoms with van der Waals surface area (Å²) in [4.78, 5) is 12.6. The first kappa shape index (κ1) is 9.16. The van der Waals surface area contributed by atoms with Crippen molar-refractivity contribution in [3.05, 3.63) is 46.2 Å². The van der Waals surface area contributed by atoms with E-state index in [9.17, 15) is 4.79 Å². The molecule has 0 aliphatic carbocycles. The summed E-state index contributed by atoms with van der Waals surface area (Å²) in [5.74, 6) is 0. The van der Waals surface area contributed by atoms with Crippen molar-refractivity contribution >= 4 is 17.6 Å². The van der Waals surface area contributed by atoms with E-state index >= 15 is 0 Å². The summed E-state index contributed by atoms with van der Waals surface area (Å²) < 4.78 is 0.